The first-order valence-electron chi connectivity index (χ1n) is 7.31. The Balaban J connectivity index is 2.07. The van der Waals surface area contributed by atoms with Crippen molar-refractivity contribution in [3.63, 3.8) is 0 Å². The average molecular weight is 304 g/mol. The molecule has 2 heterocycles. The highest BCUT2D eigenvalue weighted by Crippen LogP contribution is 2.34. The number of carbonyl (C=O) groups excluding carboxylic acids is 1. The van der Waals surface area contributed by atoms with Crippen molar-refractivity contribution in [1.82, 2.24) is 19.7 Å². The molecule has 1 amide bonds. The van der Waals surface area contributed by atoms with E-state index >= 15 is 0 Å². The number of hydrogen-bond donors (Lipinski definition) is 2. The van der Waals surface area contributed by atoms with Crippen molar-refractivity contribution in [2.75, 3.05) is 12.4 Å². The number of nitrogens with zero attached hydrogens (tertiary/aromatic N) is 4. The third-order valence-electron chi connectivity index (χ3n) is 4.20. The molecule has 1 fully saturated rings. The van der Waals surface area contributed by atoms with Gasteiger partial charge in [-0.2, -0.15) is 5.10 Å². The van der Waals surface area contributed by atoms with Gasteiger partial charge in [-0.1, -0.05) is 12.8 Å². The van der Waals surface area contributed by atoms with E-state index in [1.165, 1.54) is 0 Å². The maximum atomic E-state index is 12.0. The Labute approximate surface area is 128 Å². The number of aromatic nitrogens is 4. The van der Waals surface area contributed by atoms with Crippen LogP contribution >= 0.6 is 0 Å². The highest BCUT2D eigenvalue weighted by molar-refractivity contribution is 5.93. The molecule has 3 N–H and O–H groups in total. The Morgan fingerprint density at radius 1 is 1.45 bits per heavy atom. The summed E-state index contributed by atoms with van der Waals surface area (Å²) >= 11 is 0. The van der Waals surface area contributed by atoms with Crippen LogP contribution in [0, 0.1) is 0 Å². The summed E-state index contributed by atoms with van der Waals surface area (Å²) in [5.41, 5.74) is 5.60. The van der Waals surface area contributed by atoms with Gasteiger partial charge in [-0.3, -0.25) is 9.48 Å². The maximum absolute atomic E-state index is 12.0. The molecule has 8 nitrogen and oxygen atoms in total. The van der Waals surface area contributed by atoms with Gasteiger partial charge in [0.1, 0.15) is 18.0 Å². The number of fused-ring (bicyclic) bond motifs is 1. The van der Waals surface area contributed by atoms with Gasteiger partial charge in [-0.05, 0) is 12.8 Å². The molecular weight excluding hydrogens is 284 g/mol. The van der Waals surface area contributed by atoms with E-state index in [0.717, 1.165) is 18.2 Å². The molecule has 1 aliphatic carbocycles. The SMILES string of the molecule is COCc1nc(NC2(C(N)=O)CCCC2)c2cnn(C)c2n1. The molecule has 0 bridgehead atoms. The zero-order valence-electron chi connectivity index (χ0n) is 12.8. The molecule has 0 unspecified atom stereocenters. The zero-order chi connectivity index (χ0) is 15.7. The predicted molar refractivity (Wildman–Crippen MR) is 81.0 cm³/mol. The summed E-state index contributed by atoms with van der Waals surface area (Å²) in [6.07, 6.45) is 5.07. The summed E-state index contributed by atoms with van der Waals surface area (Å²) < 4.78 is 6.79. The number of nitrogens with two attached hydrogens (primary N) is 1. The summed E-state index contributed by atoms with van der Waals surface area (Å²) in [5, 5.41) is 8.26. The number of methoxy groups -OCH3 is 1. The van der Waals surface area contributed by atoms with Crippen LogP contribution in [0.3, 0.4) is 0 Å². The first kappa shape index (κ1) is 14.7. The molecular formula is C14H20N6O2. The van der Waals surface area contributed by atoms with Gasteiger partial charge in [0.05, 0.1) is 11.6 Å². The largest absolute Gasteiger partial charge is 0.377 e. The van der Waals surface area contributed by atoms with E-state index in [1.807, 2.05) is 7.05 Å². The second kappa shape index (κ2) is 5.53. The van der Waals surface area contributed by atoms with Crippen molar-refractivity contribution in [2.24, 2.45) is 12.8 Å². The van der Waals surface area contributed by atoms with Crippen molar-refractivity contribution >= 4 is 22.8 Å². The fourth-order valence-electron chi connectivity index (χ4n) is 2.99. The minimum atomic E-state index is -0.735. The van der Waals surface area contributed by atoms with Crippen molar-refractivity contribution in [3.8, 4) is 0 Å². The second-order valence-corrected chi connectivity index (χ2v) is 5.71. The van der Waals surface area contributed by atoms with Crippen molar-refractivity contribution in [2.45, 2.75) is 37.8 Å². The molecule has 3 rings (SSSR count). The van der Waals surface area contributed by atoms with Gasteiger partial charge in [0.25, 0.3) is 0 Å². The molecule has 1 saturated carbocycles. The number of anilines is 1. The topological polar surface area (TPSA) is 108 Å². The Morgan fingerprint density at radius 3 is 2.82 bits per heavy atom. The number of rotatable bonds is 5. The quantitative estimate of drug-likeness (QED) is 0.842. The summed E-state index contributed by atoms with van der Waals surface area (Å²) in [6.45, 7) is 0.291. The third kappa shape index (κ3) is 2.39. The van der Waals surface area contributed by atoms with E-state index in [4.69, 9.17) is 10.5 Å². The summed E-state index contributed by atoms with van der Waals surface area (Å²) in [7, 11) is 3.40. The molecule has 0 saturated heterocycles. The van der Waals surface area contributed by atoms with Gasteiger partial charge in [-0.15, -0.1) is 0 Å². The van der Waals surface area contributed by atoms with E-state index in [1.54, 1.807) is 18.0 Å². The molecule has 0 radical (unpaired) electrons. The second-order valence-electron chi connectivity index (χ2n) is 5.71. The van der Waals surface area contributed by atoms with Gasteiger partial charge in [-0.25, -0.2) is 9.97 Å². The molecule has 1 aliphatic rings. The molecule has 8 heteroatoms. The average Bonchev–Trinajstić information content (AvgIpc) is 3.08. The predicted octanol–water partition coefficient (Wildman–Crippen LogP) is 0.720. The zero-order valence-corrected chi connectivity index (χ0v) is 12.8. The van der Waals surface area contributed by atoms with E-state index in [0.29, 0.717) is 36.7 Å². The van der Waals surface area contributed by atoms with Crippen LogP contribution in [0.15, 0.2) is 6.20 Å². The highest BCUT2D eigenvalue weighted by Gasteiger charge is 2.40. The lowest BCUT2D eigenvalue weighted by Crippen LogP contribution is -2.48. The van der Waals surface area contributed by atoms with E-state index < -0.39 is 5.54 Å². The maximum Gasteiger partial charge on any atom is 0.243 e. The Morgan fingerprint density at radius 2 is 2.18 bits per heavy atom. The van der Waals surface area contributed by atoms with Crippen LogP contribution in [0.1, 0.15) is 31.5 Å². The molecule has 0 aliphatic heterocycles. The van der Waals surface area contributed by atoms with Gasteiger partial charge < -0.3 is 15.8 Å². The van der Waals surface area contributed by atoms with Crippen molar-refractivity contribution < 1.29 is 9.53 Å². The number of primary amides is 1. The van der Waals surface area contributed by atoms with E-state index in [2.05, 4.69) is 20.4 Å². The fraction of sp³-hybridized carbons (Fsp3) is 0.571. The number of ether oxygens (including phenoxy) is 1. The van der Waals surface area contributed by atoms with Crippen LogP contribution in [-0.2, 0) is 23.2 Å². The minimum absolute atomic E-state index is 0.291. The normalized spacial score (nSPS) is 17.0. The van der Waals surface area contributed by atoms with Crippen LogP contribution in [0.5, 0.6) is 0 Å². The molecule has 2 aromatic rings. The molecule has 0 aromatic carbocycles. The Bertz CT molecular complexity index is 705. The molecule has 0 spiro atoms. The number of hydrogen-bond acceptors (Lipinski definition) is 6. The molecule has 22 heavy (non-hydrogen) atoms. The van der Waals surface area contributed by atoms with Crippen LogP contribution in [-0.4, -0.2) is 38.3 Å². The summed E-state index contributed by atoms with van der Waals surface area (Å²) in [4.78, 5) is 20.9. The first-order chi connectivity index (χ1) is 10.6. The standard InChI is InChI=1S/C14H20N6O2/c1-20-12-9(7-16-20)11(17-10(18-12)8-22-2)19-14(13(15)21)5-3-4-6-14/h7H,3-6,8H2,1-2H3,(H2,15,21)(H,17,18,19). The number of nitrogens with one attached hydrogen (secondary N) is 1. The van der Waals surface area contributed by atoms with Crippen LogP contribution < -0.4 is 11.1 Å². The van der Waals surface area contributed by atoms with Crippen LogP contribution in [0.2, 0.25) is 0 Å². The third-order valence-corrected chi connectivity index (χ3v) is 4.20. The molecule has 2 aromatic heterocycles. The van der Waals surface area contributed by atoms with Crippen molar-refractivity contribution in [3.05, 3.63) is 12.0 Å². The number of aryl methyl sites for hydroxylation is 1. The van der Waals surface area contributed by atoms with Crippen molar-refractivity contribution in [1.29, 1.82) is 0 Å². The van der Waals surface area contributed by atoms with Crippen LogP contribution in [0.25, 0.3) is 11.0 Å². The Hall–Kier alpha value is -2.22. The first-order valence-corrected chi connectivity index (χ1v) is 7.31. The van der Waals surface area contributed by atoms with Gasteiger partial charge in [0.15, 0.2) is 11.5 Å². The van der Waals surface area contributed by atoms with Gasteiger partial charge >= 0.3 is 0 Å². The van der Waals surface area contributed by atoms with E-state index in [9.17, 15) is 4.79 Å². The summed E-state index contributed by atoms with van der Waals surface area (Å²) in [5.74, 6) is 0.790. The lowest BCUT2D eigenvalue weighted by Gasteiger charge is -2.27. The highest BCUT2D eigenvalue weighted by atomic mass is 16.5. The lowest BCUT2D eigenvalue weighted by atomic mass is 9.96. The molecule has 0 atom stereocenters. The number of amides is 1. The van der Waals surface area contributed by atoms with Gasteiger partial charge in [0, 0.05) is 14.2 Å². The Kier molecular flexibility index (Phi) is 3.69. The smallest absolute Gasteiger partial charge is 0.243 e. The lowest BCUT2D eigenvalue weighted by molar-refractivity contribution is -0.122. The summed E-state index contributed by atoms with van der Waals surface area (Å²) in [6, 6.07) is 0. The van der Waals surface area contributed by atoms with Crippen LogP contribution in [0.4, 0.5) is 5.82 Å². The van der Waals surface area contributed by atoms with E-state index in [-0.39, 0.29) is 5.91 Å². The molecule has 118 valence electrons. The minimum Gasteiger partial charge on any atom is -0.377 e. The fourth-order valence-corrected chi connectivity index (χ4v) is 2.99. The van der Waals surface area contributed by atoms with Gasteiger partial charge in [0.2, 0.25) is 5.91 Å². The monoisotopic (exact) mass is 304 g/mol. The number of carbonyl (C=O) groups is 1.